The van der Waals surface area contributed by atoms with Gasteiger partial charge in [0, 0.05) is 25.1 Å². The summed E-state index contributed by atoms with van der Waals surface area (Å²) in [5.41, 5.74) is 1.07. The van der Waals surface area contributed by atoms with E-state index in [2.05, 4.69) is 20.3 Å². The third kappa shape index (κ3) is 2.22. The van der Waals surface area contributed by atoms with Crippen LogP contribution in [0.25, 0.3) is 11.5 Å². The molecule has 0 unspecified atom stereocenters. The van der Waals surface area contributed by atoms with E-state index in [9.17, 15) is 4.79 Å². The van der Waals surface area contributed by atoms with E-state index in [0.29, 0.717) is 42.0 Å². The molecule has 1 N–H and O–H groups in total. The summed E-state index contributed by atoms with van der Waals surface area (Å²) in [6, 6.07) is 5.30. The van der Waals surface area contributed by atoms with Crippen molar-refractivity contribution in [2.45, 2.75) is 24.7 Å². The predicted molar refractivity (Wildman–Crippen MR) is 81.2 cm³/mol. The first-order valence-electron chi connectivity index (χ1n) is 8.00. The zero-order chi connectivity index (χ0) is 16.1. The van der Waals surface area contributed by atoms with Gasteiger partial charge in [-0.2, -0.15) is 10.1 Å². The molecular weight excluding hydrogens is 310 g/mol. The van der Waals surface area contributed by atoms with Gasteiger partial charge in [-0.3, -0.25) is 9.89 Å². The Labute approximate surface area is 136 Å². The fraction of sp³-hybridized carbons (Fsp3) is 0.375. The first kappa shape index (κ1) is 13.5. The molecule has 0 atom stereocenters. The van der Waals surface area contributed by atoms with Crippen LogP contribution in [-0.4, -0.2) is 44.2 Å². The minimum absolute atomic E-state index is 0.109. The molecule has 1 aliphatic heterocycles. The SMILES string of the molecule is O=C(c1cc(-c2ccco2)[nH]n1)N1CC(c2nc(C3CC3)no2)C1. The van der Waals surface area contributed by atoms with Crippen molar-refractivity contribution in [1.82, 2.24) is 25.2 Å². The van der Waals surface area contributed by atoms with Crippen LogP contribution < -0.4 is 0 Å². The summed E-state index contributed by atoms with van der Waals surface area (Å²) in [5, 5.41) is 10.9. The number of amides is 1. The number of hydrogen-bond donors (Lipinski definition) is 1. The van der Waals surface area contributed by atoms with Gasteiger partial charge in [0.15, 0.2) is 17.3 Å². The van der Waals surface area contributed by atoms with E-state index < -0.39 is 0 Å². The van der Waals surface area contributed by atoms with Gasteiger partial charge in [0.25, 0.3) is 5.91 Å². The van der Waals surface area contributed by atoms with Gasteiger partial charge in [0.1, 0.15) is 5.69 Å². The molecule has 5 rings (SSSR count). The number of hydrogen-bond acceptors (Lipinski definition) is 6. The molecule has 0 radical (unpaired) electrons. The van der Waals surface area contributed by atoms with Crippen LogP contribution in [0.3, 0.4) is 0 Å². The highest BCUT2D eigenvalue weighted by atomic mass is 16.5. The van der Waals surface area contributed by atoms with E-state index in [1.807, 2.05) is 6.07 Å². The first-order valence-corrected chi connectivity index (χ1v) is 8.00. The normalized spacial score (nSPS) is 17.9. The molecule has 2 aliphatic rings. The van der Waals surface area contributed by atoms with Crippen molar-refractivity contribution in [3.8, 4) is 11.5 Å². The molecule has 1 aliphatic carbocycles. The van der Waals surface area contributed by atoms with Gasteiger partial charge in [-0.1, -0.05) is 5.16 Å². The molecular formula is C16H15N5O3. The van der Waals surface area contributed by atoms with Gasteiger partial charge in [-0.15, -0.1) is 0 Å². The first-order chi connectivity index (χ1) is 11.8. The predicted octanol–water partition coefficient (Wildman–Crippen LogP) is 2.17. The number of rotatable bonds is 4. The number of nitrogens with zero attached hydrogens (tertiary/aromatic N) is 4. The lowest BCUT2D eigenvalue weighted by atomic mass is 9.99. The Hall–Kier alpha value is -2.90. The molecule has 0 spiro atoms. The maximum atomic E-state index is 12.5. The van der Waals surface area contributed by atoms with Crippen LogP contribution in [0.4, 0.5) is 0 Å². The number of aromatic amines is 1. The van der Waals surface area contributed by atoms with Gasteiger partial charge in [-0.05, 0) is 25.0 Å². The fourth-order valence-corrected chi connectivity index (χ4v) is 2.87. The summed E-state index contributed by atoms with van der Waals surface area (Å²) >= 11 is 0. The lowest BCUT2D eigenvalue weighted by Gasteiger charge is -2.36. The van der Waals surface area contributed by atoms with Crippen molar-refractivity contribution >= 4 is 5.91 Å². The highest BCUT2D eigenvalue weighted by Crippen LogP contribution is 2.39. The van der Waals surface area contributed by atoms with Crippen molar-refractivity contribution < 1.29 is 13.7 Å². The van der Waals surface area contributed by atoms with Crippen LogP contribution in [0, 0.1) is 0 Å². The lowest BCUT2D eigenvalue weighted by Crippen LogP contribution is -2.48. The van der Waals surface area contributed by atoms with E-state index in [0.717, 1.165) is 18.7 Å². The zero-order valence-corrected chi connectivity index (χ0v) is 12.8. The average Bonchev–Trinajstić information content (AvgIpc) is 3.02. The van der Waals surface area contributed by atoms with Crippen LogP contribution in [0.1, 0.15) is 46.9 Å². The topological polar surface area (TPSA) is 101 Å². The van der Waals surface area contributed by atoms with E-state index in [4.69, 9.17) is 8.94 Å². The summed E-state index contributed by atoms with van der Waals surface area (Å²) in [7, 11) is 0. The number of furan rings is 1. The molecule has 8 heteroatoms. The second kappa shape index (κ2) is 5.05. The van der Waals surface area contributed by atoms with E-state index in [-0.39, 0.29) is 11.8 Å². The standard InChI is InChI=1S/C16H15N5O3/c22-16(12-6-11(18-19-12)13-2-1-5-23-13)21-7-10(8-21)15-17-14(20-24-15)9-3-4-9/h1-2,5-6,9-10H,3-4,7-8H2,(H,18,19). The van der Waals surface area contributed by atoms with Crippen LogP contribution in [0.5, 0.6) is 0 Å². The van der Waals surface area contributed by atoms with Crippen LogP contribution in [-0.2, 0) is 0 Å². The second-order valence-corrected chi connectivity index (χ2v) is 6.32. The largest absolute Gasteiger partial charge is 0.463 e. The maximum absolute atomic E-state index is 12.5. The summed E-state index contributed by atoms with van der Waals surface area (Å²) in [5.74, 6) is 2.59. The van der Waals surface area contributed by atoms with Gasteiger partial charge < -0.3 is 13.8 Å². The Morgan fingerprint density at radius 2 is 2.17 bits per heavy atom. The molecule has 24 heavy (non-hydrogen) atoms. The van der Waals surface area contributed by atoms with E-state index >= 15 is 0 Å². The number of carbonyl (C=O) groups is 1. The van der Waals surface area contributed by atoms with Crippen molar-refractivity contribution in [1.29, 1.82) is 0 Å². The monoisotopic (exact) mass is 325 g/mol. The molecule has 1 saturated heterocycles. The summed E-state index contributed by atoms with van der Waals surface area (Å²) < 4.78 is 10.6. The highest BCUT2D eigenvalue weighted by molar-refractivity contribution is 5.93. The number of nitrogens with one attached hydrogen (secondary N) is 1. The minimum atomic E-state index is -0.109. The number of H-pyrrole nitrogens is 1. The molecule has 0 bridgehead atoms. The van der Waals surface area contributed by atoms with Crippen molar-refractivity contribution in [3.63, 3.8) is 0 Å². The molecule has 122 valence electrons. The van der Waals surface area contributed by atoms with Gasteiger partial charge in [-0.25, -0.2) is 0 Å². The Balaban J connectivity index is 1.24. The van der Waals surface area contributed by atoms with Gasteiger partial charge in [0.2, 0.25) is 5.89 Å². The van der Waals surface area contributed by atoms with Crippen molar-refractivity contribution in [2.75, 3.05) is 13.1 Å². The Kier molecular flexibility index (Phi) is 2.85. The molecule has 1 amide bonds. The van der Waals surface area contributed by atoms with E-state index in [1.54, 1.807) is 23.3 Å². The lowest BCUT2D eigenvalue weighted by molar-refractivity contribution is 0.0563. The Morgan fingerprint density at radius 3 is 2.92 bits per heavy atom. The Bertz CT molecular complexity index is 871. The molecule has 4 heterocycles. The van der Waals surface area contributed by atoms with Gasteiger partial charge >= 0.3 is 0 Å². The smallest absolute Gasteiger partial charge is 0.274 e. The molecule has 3 aromatic heterocycles. The van der Waals surface area contributed by atoms with Crippen LogP contribution in [0.15, 0.2) is 33.4 Å². The second-order valence-electron chi connectivity index (χ2n) is 6.32. The Morgan fingerprint density at radius 1 is 1.29 bits per heavy atom. The third-order valence-corrected chi connectivity index (χ3v) is 4.50. The third-order valence-electron chi connectivity index (χ3n) is 4.50. The number of aromatic nitrogens is 4. The molecule has 3 aromatic rings. The fourth-order valence-electron chi connectivity index (χ4n) is 2.87. The van der Waals surface area contributed by atoms with Crippen LogP contribution >= 0.6 is 0 Å². The molecule has 1 saturated carbocycles. The number of likely N-dealkylation sites (tertiary alicyclic amines) is 1. The average molecular weight is 325 g/mol. The summed E-state index contributed by atoms with van der Waals surface area (Å²) in [4.78, 5) is 18.6. The molecule has 0 aromatic carbocycles. The van der Waals surface area contributed by atoms with Gasteiger partial charge in [0.05, 0.1) is 12.2 Å². The summed E-state index contributed by atoms with van der Waals surface area (Å²) in [6.45, 7) is 1.15. The maximum Gasteiger partial charge on any atom is 0.274 e. The van der Waals surface area contributed by atoms with E-state index in [1.165, 1.54) is 0 Å². The van der Waals surface area contributed by atoms with Crippen molar-refractivity contribution in [3.05, 3.63) is 41.9 Å². The molecule has 2 fully saturated rings. The highest BCUT2D eigenvalue weighted by Gasteiger charge is 2.38. The molecule has 8 nitrogen and oxygen atoms in total. The van der Waals surface area contributed by atoms with Crippen LogP contribution in [0.2, 0.25) is 0 Å². The summed E-state index contributed by atoms with van der Waals surface area (Å²) in [6.07, 6.45) is 3.87. The number of carbonyl (C=O) groups excluding carboxylic acids is 1. The quantitative estimate of drug-likeness (QED) is 0.789. The zero-order valence-electron chi connectivity index (χ0n) is 12.8. The minimum Gasteiger partial charge on any atom is -0.463 e. The van der Waals surface area contributed by atoms with Crippen molar-refractivity contribution in [2.24, 2.45) is 0 Å².